The van der Waals surface area contributed by atoms with Crippen LogP contribution in [-0.4, -0.2) is 28.2 Å². The highest BCUT2D eigenvalue weighted by Crippen LogP contribution is 2.29. The molecule has 0 saturated carbocycles. The molecule has 3 rings (SSSR count). The Morgan fingerprint density at radius 1 is 0.957 bits per heavy atom. The summed E-state index contributed by atoms with van der Waals surface area (Å²) in [5.41, 5.74) is 9.04. The molecule has 1 aromatic heterocycles. The first-order valence-electron chi connectivity index (χ1n) is 7.44. The van der Waals surface area contributed by atoms with Crippen LogP contribution in [0.4, 0.5) is 5.69 Å². The number of rotatable bonds is 5. The minimum Gasteiger partial charge on any atom is -0.508 e. The molecule has 0 spiro atoms. The number of aromatic hydroxyl groups is 1. The van der Waals surface area contributed by atoms with Crippen molar-refractivity contribution in [1.29, 1.82) is 0 Å². The van der Waals surface area contributed by atoms with Crippen molar-refractivity contribution in [3.05, 3.63) is 60.8 Å². The molecule has 0 radical (unpaired) electrons. The van der Waals surface area contributed by atoms with Gasteiger partial charge in [0.15, 0.2) is 5.82 Å². The molecule has 4 N–H and O–H groups in total. The molecule has 116 valence electrons. The molecule has 0 atom stereocenters. The Morgan fingerprint density at radius 2 is 1.70 bits per heavy atom. The summed E-state index contributed by atoms with van der Waals surface area (Å²) in [5, 5.41) is 12.7. The van der Waals surface area contributed by atoms with Crippen molar-refractivity contribution in [2.24, 2.45) is 5.73 Å². The lowest BCUT2D eigenvalue weighted by molar-refractivity contribution is 0.475. The van der Waals surface area contributed by atoms with Crippen molar-refractivity contribution in [3.63, 3.8) is 0 Å². The summed E-state index contributed by atoms with van der Waals surface area (Å²) in [6.45, 7) is 1.16. The van der Waals surface area contributed by atoms with E-state index in [0.29, 0.717) is 18.9 Å². The normalized spacial score (nSPS) is 10.5. The smallest absolute Gasteiger partial charge is 0.159 e. The second-order valence-electron chi connectivity index (χ2n) is 5.08. The summed E-state index contributed by atoms with van der Waals surface area (Å²) < 4.78 is 0. The highest BCUT2D eigenvalue weighted by atomic mass is 16.3. The standard InChI is InChI=1S/C18H18N4O/c19-10-11-20-16-12-21-18(14-4-2-1-3-5-14)22-17(16)13-6-8-15(23)9-7-13/h1-9,12,20,23H,10-11,19H2. The predicted molar refractivity (Wildman–Crippen MR) is 92.1 cm³/mol. The summed E-state index contributed by atoms with van der Waals surface area (Å²) in [5.74, 6) is 0.884. The monoisotopic (exact) mass is 306 g/mol. The van der Waals surface area contributed by atoms with Crippen molar-refractivity contribution in [2.45, 2.75) is 0 Å². The molecule has 23 heavy (non-hydrogen) atoms. The number of phenols is 1. The van der Waals surface area contributed by atoms with Gasteiger partial charge in [0.25, 0.3) is 0 Å². The first kappa shape index (κ1) is 15.0. The molecular weight excluding hydrogens is 288 g/mol. The summed E-state index contributed by atoms with van der Waals surface area (Å²) in [6, 6.07) is 16.8. The summed E-state index contributed by atoms with van der Waals surface area (Å²) in [4.78, 5) is 9.14. The Morgan fingerprint density at radius 3 is 2.39 bits per heavy atom. The Hall–Kier alpha value is -2.92. The number of phenolic OH excluding ortho intramolecular Hbond substituents is 1. The quantitative estimate of drug-likeness (QED) is 0.675. The molecular formula is C18H18N4O. The molecule has 2 aromatic carbocycles. The average Bonchev–Trinajstić information content (AvgIpc) is 2.61. The fraction of sp³-hybridized carbons (Fsp3) is 0.111. The second-order valence-corrected chi connectivity index (χ2v) is 5.08. The molecule has 3 aromatic rings. The van der Waals surface area contributed by atoms with Crippen LogP contribution >= 0.6 is 0 Å². The topological polar surface area (TPSA) is 84.1 Å². The Labute approximate surface area is 134 Å². The average molecular weight is 306 g/mol. The van der Waals surface area contributed by atoms with Gasteiger partial charge in [-0.1, -0.05) is 30.3 Å². The molecule has 5 heteroatoms. The number of hydrogen-bond acceptors (Lipinski definition) is 5. The molecule has 0 aliphatic carbocycles. The number of anilines is 1. The van der Waals surface area contributed by atoms with Crippen LogP contribution in [-0.2, 0) is 0 Å². The van der Waals surface area contributed by atoms with Gasteiger partial charge in [-0.05, 0) is 24.3 Å². The van der Waals surface area contributed by atoms with E-state index in [-0.39, 0.29) is 5.75 Å². The number of benzene rings is 2. The van der Waals surface area contributed by atoms with E-state index in [2.05, 4.69) is 10.3 Å². The largest absolute Gasteiger partial charge is 0.508 e. The second kappa shape index (κ2) is 6.89. The van der Waals surface area contributed by atoms with Crippen LogP contribution in [0.15, 0.2) is 60.8 Å². The van der Waals surface area contributed by atoms with Gasteiger partial charge in [-0.15, -0.1) is 0 Å². The lowest BCUT2D eigenvalue weighted by Crippen LogP contribution is -2.14. The van der Waals surface area contributed by atoms with E-state index in [4.69, 9.17) is 10.7 Å². The number of hydrogen-bond donors (Lipinski definition) is 3. The Kier molecular flexibility index (Phi) is 4.49. The number of nitrogens with two attached hydrogens (primary N) is 1. The predicted octanol–water partition coefficient (Wildman–Crippen LogP) is 2.89. The van der Waals surface area contributed by atoms with Crippen molar-refractivity contribution in [3.8, 4) is 28.4 Å². The molecule has 0 unspecified atom stereocenters. The summed E-state index contributed by atoms with van der Waals surface area (Å²) >= 11 is 0. The maximum absolute atomic E-state index is 9.48. The van der Waals surface area contributed by atoms with E-state index in [9.17, 15) is 5.11 Å². The van der Waals surface area contributed by atoms with Crippen LogP contribution in [0.5, 0.6) is 5.75 Å². The van der Waals surface area contributed by atoms with Gasteiger partial charge in [-0.25, -0.2) is 9.97 Å². The fourth-order valence-electron chi connectivity index (χ4n) is 2.28. The van der Waals surface area contributed by atoms with Crippen LogP contribution in [0.1, 0.15) is 0 Å². The van der Waals surface area contributed by atoms with Crippen LogP contribution in [0, 0.1) is 0 Å². The summed E-state index contributed by atoms with van der Waals surface area (Å²) in [7, 11) is 0. The fourth-order valence-corrected chi connectivity index (χ4v) is 2.28. The molecule has 0 fully saturated rings. The van der Waals surface area contributed by atoms with Crippen LogP contribution in [0.25, 0.3) is 22.6 Å². The lowest BCUT2D eigenvalue weighted by atomic mass is 10.1. The zero-order valence-corrected chi connectivity index (χ0v) is 12.6. The molecule has 1 heterocycles. The Bertz CT molecular complexity index is 773. The van der Waals surface area contributed by atoms with Gasteiger partial charge < -0.3 is 16.2 Å². The molecule has 0 amide bonds. The maximum atomic E-state index is 9.48. The minimum atomic E-state index is 0.225. The number of nitrogens with zero attached hydrogens (tertiary/aromatic N) is 2. The van der Waals surface area contributed by atoms with Crippen LogP contribution in [0.3, 0.4) is 0 Å². The van der Waals surface area contributed by atoms with Gasteiger partial charge in [0.2, 0.25) is 0 Å². The van der Waals surface area contributed by atoms with E-state index >= 15 is 0 Å². The van der Waals surface area contributed by atoms with E-state index in [0.717, 1.165) is 22.5 Å². The van der Waals surface area contributed by atoms with E-state index in [1.54, 1.807) is 18.3 Å². The van der Waals surface area contributed by atoms with E-state index < -0.39 is 0 Å². The van der Waals surface area contributed by atoms with Gasteiger partial charge in [0.1, 0.15) is 5.75 Å². The number of nitrogens with one attached hydrogen (secondary N) is 1. The Balaban J connectivity index is 2.07. The highest BCUT2D eigenvalue weighted by Gasteiger charge is 2.10. The van der Waals surface area contributed by atoms with Crippen LogP contribution in [0.2, 0.25) is 0 Å². The van der Waals surface area contributed by atoms with E-state index in [1.807, 2.05) is 42.5 Å². The molecule has 0 saturated heterocycles. The highest BCUT2D eigenvalue weighted by molar-refractivity contribution is 5.76. The van der Waals surface area contributed by atoms with Gasteiger partial charge >= 0.3 is 0 Å². The third kappa shape index (κ3) is 3.46. The van der Waals surface area contributed by atoms with Gasteiger partial charge in [0.05, 0.1) is 17.6 Å². The van der Waals surface area contributed by atoms with Gasteiger partial charge in [-0.2, -0.15) is 0 Å². The SMILES string of the molecule is NCCNc1cnc(-c2ccccc2)nc1-c1ccc(O)cc1. The van der Waals surface area contributed by atoms with Crippen molar-refractivity contribution < 1.29 is 5.11 Å². The zero-order valence-electron chi connectivity index (χ0n) is 12.6. The molecule has 0 aliphatic rings. The minimum absolute atomic E-state index is 0.225. The molecule has 5 nitrogen and oxygen atoms in total. The third-order valence-corrected chi connectivity index (χ3v) is 3.42. The number of aromatic nitrogens is 2. The van der Waals surface area contributed by atoms with Crippen molar-refractivity contribution in [2.75, 3.05) is 18.4 Å². The lowest BCUT2D eigenvalue weighted by Gasteiger charge is -2.12. The van der Waals surface area contributed by atoms with Gasteiger partial charge in [-0.3, -0.25) is 0 Å². The summed E-state index contributed by atoms with van der Waals surface area (Å²) in [6.07, 6.45) is 1.77. The zero-order chi connectivity index (χ0) is 16.1. The van der Waals surface area contributed by atoms with Crippen molar-refractivity contribution >= 4 is 5.69 Å². The van der Waals surface area contributed by atoms with Crippen LogP contribution < -0.4 is 11.1 Å². The third-order valence-electron chi connectivity index (χ3n) is 3.42. The first-order chi connectivity index (χ1) is 11.3. The maximum Gasteiger partial charge on any atom is 0.159 e. The molecule has 0 bridgehead atoms. The van der Waals surface area contributed by atoms with Crippen molar-refractivity contribution in [1.82, 2.24) is 9.97 Å². The van der Waals surface area contributed by atoms with Gasteiger partial charge in [0, 0.05) is 24.2 Å². The molecule has 0 aliphatic heterocycles. The van der Waals surface area contributed by atoms with E-state index in [1.165, 1.54) is 0 Å². The first-order valence-corrected chi connectivity index (χ1v) is 7.44.